The van der Waals surface area contributed by atoms with Gasteiger partial charge in [-0.3, -0.25) is 4.79 Å². The number of amides is 1. The minimum absolute atomic E-state index is 0.194. The number of hydrogen-bond acceptors (Lipinski definition) is 5. The molecule has 7 nitrogen and oxygen atoms in total. The lowest BCUT2D eigenvalue weighted by Crippen LogP contribution is -2.38. The van der Waals surface area contributed by atoms with Crippen LogP contribution in [0.3, 0.4) is 0 Å². The summed E-state index contributed by atoms with van der Waals surface area (Å²) in [4.78, 5) is 12.8. The second-order valence-corrected chi connectivity index (χ2v) is 8.72. The number of hydrogen-bond donors (Lipinski definition) is 1. The van der Waals surface area contributed by atoms with E-state index in [1.165, 1.54) is 30.7 Å². The van der Waals surface area contributed by atoms with Crippen molar-refractivity contribution in [2.75, 3.05) is 27.3 Å². The van der Waals surface area contributed by atoms with Crippen LogP contribution in [-0.4, -0.2) is 52.0 Å². The Morgan fingerprint density at radius 2 is 1.86 bits per heavy atom. The first-order valence-corrected chi connectivity index (χ1v) is 10.5. The highest BCUT2D eigenvalue weighted by Gasteiger charge is 2.33. The molecule has 28 heavy (non-hydrogen) atoms. The number of rotatable bonds is 6. The van der Waals surface area contributed by atoms with E-state index in [4.69, 9.17) is 21.1 Å². The summed E-state index contributed by atoms with van der Waals surface area (Å²) in [7, 11) is -0.651. The van der Waals surface area contributed by atoms with Crippen LogP contribution >= 0.6 is 11.6 Å². The highest BCUT2D eigenvalue weighted by molar-refractivity contribution is 7.89. The van der Waals surface area contributed by atoms with Crippen molar-refractivity contribution in [3.05, 3.63) is 53.1 Å². The summed E-state index contributed by atoms with van der Waals surface area (Å²) in [6.07, 6.45) is 0.525. The van der Waals surface area contributed by atoms with Gasteiger partial charge in [0.15, 0.2) is 0 Å². The quantitative estimate of drug-likeness (QED) is 0.770. The van der Waals surface area contributed by atoms with E-state index in [0.29, 0.717) is 35.1 Å². The van der Waals surface area contributed by atoms with Crippen LogP contribution in [-0.2, 0) is 10.0 Å². The number of nitrogens with zero attached hydrogens (tertiary/aromatic N) is 1. The van der Waals surface area contributed by atoms with Crippen LogP contribution < -0.4 is 14.8 Å². The number of nitrogens with one attached hydrogen (secondary N) is 1. The maximum atomic E-state index is 12.8. The highest BCUT2D eigenvalue weighted by atomic mass is 35.5. The summed E-state index contributed by atoms with van der Waals surface area (Å²) in [5, 5.41) is 3.34. The third kappa shape index (κ3) is 4.24. The number of carbonyl (C=O) groups is 1. The molecule has 0 bridgehead atoms. The van der Waals surface area contributed by atoms with E-state index in [-0.39, 0.29) is 23.4 Å². The van der Waals surface area contributed by atoms with Gasteiger partial charge in [-0.1, -0.05) is 11.6 Å². The average molecular weight is 425 g/mol. The molecule has 1 amide bonds. The molecular weight excluding hydrogens is 404 g/mol. The third-order valence-corrected chi connectivity index (χ3v) is 6.71. The van der Waals surface area contributed by atoms with Crippen molar-refractivity contribution in [1.82, 2.24) is 9.62 Å². The summed E-state index contributed by atoms with van der Waals surface area (Å²) < 4.78 is 37.3. The number of ether oxygens (including phenoxy) is 2. The summed E-state index contributed by atoms with van der Waals surface area (Å²) in [5.41, 5.74) is 0.350. The summed E-state index contributed by atoms with van der Waals surface area (Å²) >= 11 is 5.92. The first-order chi connectivity index (χ1) is 13.3. The Morgan fingerprint density at radius 1 is 1.14 bits per heavy atom. The number of sulfonamides is 1. The van der Waals surface area contributed by atoms with E-state index < -0.39 is 10.0 Å². The van der Waals surface area contributed by atoms with E-state index in [1.54, 1.807) is 30.3 Å². The van der Waals surface area contributed by atoms with Gasteiger partial charge in [0.1, 0.15) is 11.5 Å². The maximum absolute atomic E-state index is 12.8. The van der Waals surface area contributed by atoms with Crippen molar-refractivity contribution in [2.45, 2.75) is 17.4 Å². The molecule has 1 saturated heterocycles. The van der Waals surface area contributed by atoms with Crippen LogP contribution in [0.4, 0.5) is 0 Å². The fourth-order valence-corrected chi connectivity index (χ4v) is 4.74. The van der Waals surface area contributed by atoms with E-state index in [2.05, 4.69) is 5.32 Å². The molecule has 1 heterocycles. The van der Waals surface area contributed by atoms with Gasteiger partial charge in [0, 0.05) is 24.2 Å². The van der Waals surface area contributed by atoms with Crippen LogP contribution in [0.25, 0.3) is 0 Å². The normalized spacial score (nSPS) is 17.3. The smallest absolute Gasteiger partial charge is 0.255 e. The fourth-order valence-electron chi connectivity index (χ4n) is 3.08. The minimum atomic E-state index is -3.63. The van der Waals surface area contributed by atoms with E-state index in [1.807, 2.05) is 0 Å². The van der Waals surface area contributed by atoms with Gasteiger partial charge in [-0.2, -0.15) is 4.31 Å². The molecule has 1 fully saturated rings. The first kappa shape index (κ1) is 20.4. The topological polar surface area (TPSA) is 84.9 Å². The Balaban J connectivity index is 1.68. The van der Waals surface area contributed by atoms with Gasteiger partial charge < -0.3 is 14.8 Å². The van der Waals surface area contributed by atoms with Crippen molar-refractivity contribution < 1.29 is 22.7 Å². The Morgan fingerprint density at radius 3 is 2.50 bits per heavy atom. The molecule has 2 aromatic rings. The Kier molecular flexibility index (Phi) is 6.12. The lowest BCUT2D eigenvalue weighted by molar-refractivity contribution is 0.0936. The third-order valence-electron chi connectivity index (χ3n) is 4.59. The van der Waals surface area contributed by atoms with Gasteiger partial charge in [0.25, 0.3) is 5.91 Å². The predicted octanol–water partition coefficient (Wildman–Crippen LogP) is 2.55. The highest BCUT2D eigenvalue weighted by Crippen LogP contribution is 2.25. The van der Waals surface area contributed by atoms with Crippen LogP contribution in [0.1, 0.15) is 16.8 Å². The second kappa shape index (κ2) is 8.38. The standard InChI is InChI=1S/C19H21ClN2O5S/c1-26-15-4-6-16(7-5-15)28(24,25)22-10-9-14(12-22)21-19(23)17-8-3-13(20)11-18(17)27-2/h3-8,11,14H,9-10,12H2,1-2H3,(H,21,23). The minimum Gasteiger partial charge on any atom is -0.497 e. The van der Waals surface area contributed by atoms with Gasteiger partial charge >= 0.3 is 0 Å². The second-order valence-electron chi connectivity index (χ2n) is 6.34. The molecular formula is C19H21ClN2O5S. The molecule has 3 rings (SSSR count). The van der Waals surface area contributed by atoms with Gasteiger partial charge in [0.05, 0.1) is 24.7 Å². The van der Waals surface area contributed by atoms with Gasteiger partial charge in [-0.05, 0) is 48.9 Å². The first-order valence-electron chi connectivity index (χ1n) is 8.63. The van der Waals surface area contributed by atoms with Gasteiger partial charge in [-0.15, -0.1) is 0 Å². The molecule has 0 aliphatic carbocycles. The summed E-state index contributed by atoms with van der Waals surface area (Å²) in [5.74, 6) is 0.621. The summed E-state index contributed by atoms with van der Waals surface area (Å²) in [6.45, 7) is 0.535. The molecule has 1 aliphatic heterocycles. The Bertz CT molecular complexity index is 963. The number of carbonyl (C=O) groups excluding carboxylic acids is 1. The monoisotopic (exact) mass is 424 g/mol. The Labute approximate surface area is 169 Å². The van der Waals surface area contributed by atoms with Crippen LogP contribution in [0.2, 0.25) is 5.02 Å². The van der Waals surface area contributed by atoms with Crippen LogP contribution in [0, 0.1) is 0 Å². The van der Waals surface area contributed by atoms with Crippen molar-refractivity contribution in [3.8, 4) is 11.5 Å². The molecule has 1 aliphatic rings. The van der Waals surface area contributed by atoms with Crippen LogP contribution in [0.15, 0.2) is 47.4 Å². The lowest BCUT2D eigenvalue weighted by Gasteiger charge is -2.18. The fraction of sp³-hybridized carbons (Fsp3) is 0.316. The predicted molar refractivity (Wildman–Crippen MR) is 106 cm³/mol. The molecule has 150 valence electrons. The van der Waals surface area contributed by atoms with Crippen LogP contribution in [0.5, 0.6) is 11.5 Å². The van der Waals surface area contributed by atoms with Crippen molar-refractivity contribution in [3.63, 3.8) is 0 Å². The van der Waals surface area contributed by atoms with Crippen molar-refractivity contribution >= 4 is 27.5 Å². The summed E-state index contributed by atoms with van der Waals surface area (Å²) in [6, 6.07) is 10.7. The molecule has 0 saturated carbocycles. The molecule has 1 N–H and O–H groups in total. The largest absolute Gasteiger partial charge is 0.497 e. The molecule has 2 aromatic carbocycles. The molecule has 0 spiro atoms. The van der Waals surface area contributed by atoms with Crippen molar-refractivity contribution in [2.24, 2.45) is 0 Å². The lowest BCUT2D eigenvalue weighted by atomic mass is 10.1. The molecule has 0 aromatic heterocycles. The molecule has 1 unspecified atom stereocenters. The molecule has 0 radical (unpaired) electrons. The SMILES string of the molecule is COc1ccc(S(=O)(=O)N2CCC(NC(=O)c3ccc(Cl)cc3OC)C2)cc1. The Hall–Kier alpha value is -2.29. The van der Waals surface area contributed by atoms with E-state index in [0.717, 1.165) is 0 Å². The zero-order valence-corrected chi connectivity index (χ0v) is 17.1. The van der Waals surface area contributed by atoms with Gasteiger partial charge in [0.2, 0.25) is 10.0 Å². The zero-order chi connectivity index (χ0) is 20.3. The van der Waals surface area contributed by atoms with E-state index in [9.17, 15) is 13.2 Å². The van der Waals surface area contributed by atoms with Gasteiger partial charge in [-0.25, -0.2) is 8.42 Å². The molecule has 1 atom stereocenters. The maximum Gasteiger partial charge on any atom is 0.255 e. The molecule has 9 heteroatoms. The number of benzene rings is 2. The number of halogens is 1. The van der Waals surface area contributed by atoms with E-state index >= 15 is 0 Å². The number of methoxy groups -OCH3 is 2. The average Bonchev–Trinajstić information content (AvgIpc) is 3.17. The van der Waals surface area contributed by atoms with Crippen molar-refractivity contribution in [1.29, 1.82) is 0 Å². The zero-order valence-electron chi connectivity index (χ0n) is 15.5.